The summed E-state index contributed by atoms with van der Waals surface area (Å²) in [6, 6.07) is 18.0. The van der Waals surface area contributed by atoms with Gasteiger partial charge in [0, 0.05) is 29.7 Å². The van der Waals surface area contributed by atoms with Gasteiger partial charge in [-0.15, -0.1) is 0 Å². The van der Waals surface area contributed by atoms with Gasteiger partial charge in [0.05, 0.1) is 4.90 Å². The second-order valence-electron chi connectivity index (χ2n) is 7.47. The third kappa shape index (κ3) is 6.41. The number of nitrogens with one attached hydrogen (secondary N) is 3. The molecule has 0 aliphatic rings. The minimum Gasteiger partial charge on any atom is -0.375 e. The van der Waals surface area contributed by atoms with Crippen LogP contribution in [0.4, 0.5) is 17.1 Å². The molecule has 0 atom stereocenters. The van der Waals surface area contributed by atoms with E-state index in [2.05, 4.69) is 15.4 Å². The summed E-state index contributed by atoms with van der Waals surface area (Å²) < 4.78 is 33.1. The summed E-state index contributed by atoms with van der Waals surface area (Å²) in [5.74, 6) is -0.795. The molecule has 0 aromatic heterocycles. The van der Waals surface area contributed by atoms with Gasteiger partial charge in [0.15, 0.2) is 0 Å². The molecule has 0 saturated carbocycles. The van der Waals surface area contributed by atoms with Crippen molar-refractivity contribution < 1.29 is 22.7 Å². The molecule has 0 fully saturated rings. The van der Waals surface area contributed by atoms with Gasteiger partial charge in [0.1, 0.15) is 6.61 Å². The number of amides is 2. The fraction of sp³-hybridized carbons (Fsp3) is 0.167. The average molecular weight is 468 g/mol. The van der Waals surface area contributed by atoms with Gasteiger partial charge in [-0.25, -0.2) is 8.42 Å². The lowest BCUT2D eigenvalue weighted by Crippen LogP contribution is -2.18. The number of carbonyl (C=O) groups is 2. The first-order valence-electron chi connectivity index (χ1n) is 10.1. The molecular weight excluding hydrogens is 442 g/mol. The van der Waals surface area contributed by atoms with E-state index in [1.807, 2.05) is 13.0 Å². The van der Waals surface area contributed by atoms with E-state index in [9.17, 15) is 18.0 Å². The number of ether oxygens (including phenoxy) is 1. The number of sulfonamides is 1. The van der Waals surface area contributed by atoms with Crippen LogP contribution in [-0.4, -0.2) is 33.9 Å². The van der Waals surface area contributed by atoms with Crippen LogP contribution < -0.4 is 15.4 Å². The molecule has 0 aliphatic heterocycles. The van der Waals surface area contributed by atoms with E-state index in [1.165, 1.54) is 19.2 Å². The summed E-state index contributed by atoms with van der Waals surface area (Å²) in [4.78, 5) is 24.6. The highest BCUT2D eigenvalue weighted by atomic mass is 32.2. The fourth-order valence-corrected chi connectivity index (χ4v) is 4.21. The molecule has 2 amide bonds. The second-order valence-corrected chi connectivity index (χ2v) is 9.15. The smallest absolute Gasteiger partial charge is 0.261 e. The number of aryl methyl sites for hydroxylation is 2. The lowest BCUT2D eigenvalue weighted by molar-refractivity contribution is -0.119. The average Bonchev–Trinajstić information content (AvgIpc) is 2.74. The first-order chi connectivity index (χ1) is 15.7. The topological polar surface area (TPSA) is 114 Å². The summed E-state index contributed by atoms with van der Waals surface area (Å²) in [7, 11) is -2.47. The van der Waals surface area contributed by atoms with E-state index in [1.54, 1.807) is 55.5 Å². The van der Waals surface area contributed by atoms with E-state index in [4.69, 9.17) is 4.74 Å². The Labute approximate surface area is 193 Å². The molecule has 0 saturated heterocycles. The number of benzene rings is 3. The van der Waals surface area contributed by atoms with Crippen LogP contribution in [0.2, 0.25) is 0 Å². The van der Waals surface area contributed by atoms with E-state index in [0.717, 1.165) is 5.56 Å². The molecular formula is C24H25N3O5S. The van der Waals surface area contributed by atoms with Crippen LogP contribution in [0, 0.1) is 13.8 Å². The Bertz CT molecular complexity index is 1290. The maximum absolute atomic E-state index is 12.9. The number of hydrogen-bond acceptors (Lipinski definition) is 5. The maximum atomic E-state index is 12.9. The summed E-state index contributed by atoms with van der Waals surface area (Å²) in [6.07, 6.45) is 0. The zero-order valence-corrected chi connectivity index (χ0v) is 19.3. The van der Waals surface area contributed by atoms with Crippen molar-refractivity contribution in [1.82, 2.24) is 0 Å². The SMILES string of the molecule is COCC(=O)Nc1cccc(NC(=O)c2cc(S(=O)(=O)Nc3cccc(C)c3)ccc2C)c1. The van der Waals surface area contributed by atoms with Gasteiger partial charge in [0.2, 0.25) is 5.91 Å². The first kappa shape index (κ1) is 24.0. The molecule has 3 rings (SSSR count). The zero-order chi connectivity index (χ0) is 24.0. The van der Waals surface area contributed by atoms with E-state index < -0.39 is 15.9 Å². The monoisotopic (exact) mass is 467 g/mol. The van der Waals surface area contributed by atoms with Crippen molar-refractivity contribution in [3.05, 3.63) is 83.4 Å². The standard InChI is InChI=1S/C24H25N3O5S/c1-16-6-4-9-20(12-16)27-33(30,31)21-11-10-17(2)22(14-21)24(29)26-19-8-5-7-18(13-19)25-23(28)15-32-3/h4-14,27H,15H2,1-3H3,(H,25,28)(H,26,29). The highest BCUT2D eigenvalue weighted by Gasteiger charge is 2.19. The van der Waals surface area contributed by atoms with E-state index in [-0.39, 0.29) is 23.0 Å². The van der Waals surface area contributed by atoms with Gasteiger partial charge < -0.3 is 15.4 Å². The lowest BCUT2D eigenvalue weighted by atomic mass is 10.1. The number of anilines is 3. The first-order valence-corrected chi connectivity index (χ1v) is 11.6. The van der Waals surface area contributed by atoms with Crippen molar-refractivity contribution in [2.75, 3.05) is 29.1 Å². The molecule has 33 heavy (non-hydrogen) atoms. The zero-order valence-electron chi connectivity index (χ0n) is 18.5. The minimum atomic E-state index is -3.89. The third-order valence-corrected chi connectivity index (χ3v) is 6.09. The maximum Gasteiger partial charge on any atom is 0.261 e. The van der Waals surface area contributed by atoms with Crippen LogP contribution in [0.25, 0.3) is 0 Å². The van der Waals surface area contributed by atoms with Crippen molar-refractivity contribution in [3.8, 4) is 0 Å². The Morgan fingerprint density at radius 3 is 2.21 bits per heavy atom. The highest BCUT2D eigenvalue weighted by Crippen LogP contribution is 2.22. The molecule has 3 N–H and O–H groups in total. The summed E-state index contributed by atoms with van der Waals surface area (Å²) >= 11 is 0. The van der Waals surface area contributed by atoms with Crippen LogP contribution >= 0.6 is 0 Å². The Hall–Kier alpha value is -3.69. The van der Waals surface area contributed by atoms with Crippen LogP contribution in [0.1, 0.15) is 21.5 Å². The molecule has 3 aromatic carbocycles. The van der Waals surface area contributed by atoms with Gasteiger partial charge in [-0.2, -0.15) is 0 Å². The van der Waals surface area contributed by atoms with Crippen LogP contribution in [0.5, 0.6) is 0 Å². The molecule has 172 valence electrons. The molecule has 0 unspecified atom stereocenters. The van der Waals surface area contributed by atoms with Crippen molar-refractivity contribution in [1.29, 1.82) is 0 Å². The molecule has 0 bridgehead atoms. The Morgan fingerprint density at radius 1 is 0.848 bits per heavy atom. The normalized spacial score (nSPS) is 11.0. The summed E-state index contributed by atoms with van der Waals surface area (Å²) in [5, 5.41) is 5.40. The number of methoxy groups -OCH3 is 1. The van der Waals surface area contributed by atoms with Crippen LogP contribution in [0.15, 0.2) is 71.6 Å². The molecule has 0 heterocycles. The lowest BCUT2D eigenvalue weighted by Gasteiger charge is -2.13. The van der Waals surface area contributed by atoms with Gasteiger partial charge in [0.25, 0.3) is 15.9 Å². The third-order valence-electron chi connectivity index (χ3n) is 4.71. The van der Waals surface area contributed by atoms with E-state index >= 15 is 0 Å². The quantitative estimate of drug-likeness (QED) is 0.464. The number of rotatable bonds is 8. The summed E-state index contributed by atoms with van der Waals surface area (Å²) in [5.41, 5.74) is 3.13. The Morgan fingerprint density at radius 2 is 1.52 bits per heavy atom. The van der Waals surface area contributed by atoms with Crippen LogP contribution in [0.3, 0.4) is 0 Å². The van der Waals surface area contributed by atoms with Gasteiger partial charge in [-0.3, -0.25) is 14.3 Å². The van der Waals surface area contributed by atoms with E-state index in [0.29, 0.717) is 22.6 Å². The van der Waals surface area contributed by atoms with Crippen molar-refractivity contribution in [2.45, 2.75) is 18.7 Å². The molecule has 9 heteroatoms. The Kier molecular flexibility index (Phi) is 7.47. The minimum absolute atomic E-state index is 0.0275. The largest absolute Gasteiger partial charge is 0.375 e. The molecule has 8 nitrogen and oxygen atoms in total. The van der Waals surface area contributed by atoms with Crippen molar-refractivity contribution in [2.24, 2.45) is 0 Å². The Balaban J connectivity index is 1.80. The highest BCUT2D eigenvalue weighted by molar-refractivity contribution is 7.92. The second kappa shape index (κ2) is 10.3. The van der Waals surface area contributed by atoms with Gasteiger partial charge >= 0.3 is 0 Å². The van der Waals surface area contributed by atoms with Crippen molar-refractivity contribution >= 4 is 38.9 Å². The van der Waals surface area contributed by atoms with Crippen molar-refractivity contribution in [3.63, 3.8) is 0 Å². The molecule has 0 spiro atoms. The predicted octanol–water partition coefficient (Wildman–Crippen LogP) is 3.94. The summed E-state index contributed by atoms with van der Waals surface area (Å²) in [6.45, 7) is 3.50. The molecule has 3 aromatic rings. The predicted molar refractivity (Wildman–Crippen MR) is 128 cm³/mol. The number of hydrogen-bond donors (Lipinski definition) is 3. The fourth-order valence-electron chi connectivity index (χ4n) is 3.14. The van der Waals surface area contributed by atoms with Gasteiger partial charge in [-0.05, 0) is 67.4 Å². The van der Waals surface area contributed by atoms with Crippen LogP contribution in [-0.2, 0) is 19.6 Å². The van der Waals surface area contributed by atoms with Gasteiger partial charge in [-0.1, -0.05) is 24.3 Å². The number of carbonyl (C=O) groups excluding carboxylic acids is 2. The molecule has 0 aliphatic carbocycles. The molecule has 0 radical (unpaired) electrons.